The Kier molecular flexibility index (Phi) is 2.67. The van der Waals surface area contributed by atoms with Crippen LogP contribution in [0.4, 0.5) is 0 Å². The van der Waals surface area contributed by atoms with Crippen molar-refractivity contribution in [3.8, 4) is 0 Å². The highest BCUT2D eigenvalue weighted by Gasteiger charge is 1.91. The van der Waals surface area contributed by atoms with E-state index < -0.39 is 0 Å². The molecule has 0 spiro atoms. The maximum Gasteiger partial charge on any atom is 0.216 e. The molecule has 6 heavy (non-hydrogen) atoms. The second kappa shape index (κ2) is 2.85. The molecule has 1 radical (unpaired) electrons. The summed E-state index contributed by atoms with van der Waals surface area (Å²) in [5.41, 5.74) is 5.05. The minimum Gasteiger partial charge on any atom is -0.321 e. The van der Waals surface area contributed by atoms with E-state index in [4.69, 9.17) is 5.73 Å². The van der Waals surface area contributed by atoms with Gasteiger partial charge in [0.05, 0.1) is 6.04 Å². The van der Waals surface area contributed by atoms with E-state index in [-0.39, 0.29) is 6.04 Å². The van der Waals surface area contributed by atoms with E-state index in [0.717, 1.165) is 0 Å². The molecule has 0 fully saturated rings. The van der Waals surface area contributed by atoms with Crippen molar-refractivity contribution in [2.45, 2.75) is 19.4 Å². The summed E-state index contributed by atoms with van der Waals surface area (Å²) in [6, 6.07) is -0.370. The first kappa shape index (κ1) is 5.63. The van der Waals surface area contributed by atoms with Crippen LogP contribution in [-0.2, 0) is 4.79 Å². The van der Waals surface area contributed by atoms with Crippen LogP contribution in [-0.4, -0.2) is 12.3 Å². The highest BCUT2D eigenvalue weighted by atomic mass is 16.1. The van der Waals surface area contributed by atoms with Gasteiger partial charge in [0.1, 0.15) is 0 Å². The van der Waals surface area contributed by atoms with Crippen molar-refractivity contribution >= 4 is 6.29 Å². The lowest BCUT2D eigenvalue weighted by Crippen LogP contribution is -2.19. The van der Waals surface area contributed by atoms with Crippen LogP contribution in [0.25, 0.3) is 0 Å². The zero-order chi connectivity index (χ0) is 4.99. The predicted molar refractivity (Wildman–Crippen MR) is 24.0 cm³/mol. The van der Waals surface area contributed by atoms with Crippen LogP contribution in [0.1, 0.15) is 13.3 Å². The SMILES string of the molecule is CC[C@H](N)[C]=O. The Morgan fingerprint density at radius 3 is 2.50 bits per heavy atom. The van der Waals surface area contributed by atoms with Gasteiger partial charge in [0.15, 0.2) is 0 Å². The molecule has 2 nitrogen and oxygen atoms in total. The Hall–Kier alpha value is -0.370. The van der Waals surface area contributed by atoms with Gasteiger partial charge < -0.3 is 5.73 Å². The summed E-state index contributed by atoms with van der Waals surface area (Å²) in [5, 5.41) is 0. The molecule has 2 heteroatoms. The van der Waals surface area contributed by atoms with Crippen molar-refractivity contribution in [2.75, 3.05) is 0 Å². The van der Waals surface area contributed by atoms with Gasteiger partial charge >= 0.3 is 0 Å². The monoisotopic (exact) mass is 86.1 g/mol. The number of hydrogen-bond acceptors (Lipinski definition) is 2. The third-order valence-electron chi connectivity index (χ3n) is 0.591. The van der Waals surface area contributed by atoms with Gasteiger partial charge in [-0.1, -0.05) is 6.92 Å². The van der Waals surface area contributed by atoms with Crippen molar-refractivity contribution in [1.29, 1.82) is 0 Å². The van der Waals surface area contributed by atoms with Crippen molar-refractivity contribution < 1.29 is 4.79 Å². The van der Waals surface area contributed by atoms with Gasteiger partial charge in [0.2, 0.25) is 6.29 Å². The topological polar surface area (TPSA) is 43.1 Å². The molecule has 0 rings (SSSR count). The molecule has 2 N–H and O–H groups in total. The first-order valence-electron chi connectivity index (χ1n) is 1.94. The normalized spacial score (nSPS) is 13.7. The molecule has 0 aliphatic carbocycles. The average molecular weight is 86.1 g/mol. The zero-order valence-corrected chi connectivity index (χ0v) is 3.77. The van der Waals surface area contributed by atoms with Gasteiger partial charge in [-0.2, -0.15) is 0 Å². The van der Waals surface area contributed by atoms with Gasteiger partial charge in [0, 0.05) is 0 Å². The summed E-state index contributed by atoms with van der Waals surface area (Å²) in [5.74, 6) is 0. The maximum atomic E-state index is 9.49. The van der Waals surface area contributed by atoms with Gasteiger partial charge in [-0.05, 0) is 6.42 Å². The third-order valence-corrected chi connectivity index (χ3v) is 0.591. The summed E-state index contributed by atoms with van der Waals surface area (Å²) in [4.78, 5) is 9.49. The number of hydrogen-bond donors (Lipinski definition) is 1. The largest absolute Gasteiger partial charge is 0.321 e. The van der Waals surface area contributed by atoms with Crippen LogP contribution >= 0.6 is 0 Å². The van der Waals surface area contributed by atoms with Crippen molar-refractivity contribution in [2.24, 2.45) is 5.73 Å². The lowest BCUT2D eigenvalue weighted by Gasteiger charge is -1.89. The molecule has 0 unspecified atom stereocenters. The lowest BCUT2D eigenvalue weighted by molar-refractivity contribution is 0.539. The highest BCUT2D eigenvalue weighted by molar-refractivity contribution is 5.57. The van der Waals surface area contributed by atoms with Crippen molar-refractivity contribution in [3.05, 3.63) is 0 Å². The smallest absolute Gasteiger partial charge is 0.216 e. The molecule has 0 saturated carbocycles. The average Bonchev–Trinajstić information content (AvgIpc) is 1.65. The standard InChI is InChI=1S/C4H8NO/c1-2-4(5)3-6/h4H,2,5H2,1H3/t4-/m0/s1. The van der Waals surface area contributed by atoms with Crippen LogP contribution < -0.4 is 5.73 Å². The molecular formula is C4H8NO. The molecule has 0 amide bonds. The molecule has 0 aliphatic rings. The van der Waals surface area contributed by atoms with Gasteiger partial charge in [-0.25, -0.2) is 0 Å². The number of carbonyl (C=O) groups excluding carboxylic acids is 1. The van der Waals surface area contributed by atoms with E-state index in [1.807, 2.05) is 6.92 Å². The summed E-state index contributed by atoms with van der Waals surface area (Å²) in [6.45, 7) is 1.84. The molecule has 1 atom stereocenters. The van der Waals surface area contributed by atoms with Crippen LogP contribution in [0.15, 0.2) is 0 Å². The number of rotatable bonds is 2. The molecule has 0 bridgehead atoms. The van der Waals surface area contributed by atoms with E-state index in [2.05, 4.69) is 0 Å². The fourth-order valence-corrected chi connectivity index (χ4v) is 0.0833. The fourth-order valence-electron chi connectivity index (χ4n) is 0.0833. The molecule has 0 aliphatic heterocycles. The van der Waals surface area contributed by atoms with Crippen molar-refractivity contribution in [1.82, 2.24) is 0 Å². The highest BCUT2D eigenvalue weighted by Crippen LogP contribution is 1.75. The lowest BCUT2D eigenvalue weighted by atomic mass is 10.3. The van der Waals surface area contributed by atoms with Gasteiger partial charge in [-0.3, -0.25) is 4.79 Å². The first-order valence-corrected chi connectivity index (χ1v) is 1.94. The van der Waals surface area contributed by atoms with Crippen LogP contribution in [0, 0.1) is 0 Å². The third kappa shape index (κ3) is 1.91. The van der Waals surface area contributed by atoms with E-state index >= 15 is 0 Å². The molecule has 0 aromatic rings. The van der Waals surface area contributed by atoms with Crippen LogP contribution in [0.5, 0.6) is 0 Å². The quantitative estimate of drug-likeness (QED) is 0.507. The summed E-state index contributed by atoms with van der Waals surface area (Å²) in [6.07, 6.45) is 2.33. The number of nitrogens with two attached hydrogens (primary N) is 1. The Labute approximate surface area is 37.3 Å². The minimum absolute atomic E-state index is 0.370. The molecular weight excluding hydrogens is 78.0 g/mol. The van der Waals surface area contributed by atoms with Gasteiger partial charge in [-0.15, -0.1) is 0 Å². The van der Waals surface area contributed by atoms with E-state index in [1.165, 1.54) is 0 Å². The molecule has 0 aromatic heterocycles. The van der Waals surface area contributed by atoms with Crippen LogP contribution in [0.3, 0.4) is 0 Å². The fraction of sp³-hybridized carbons (Fsp3) is 0.750. The van der Waals surface area contributed by atoms with E-state index in [9.17, 15) is 4.79 Å². The van der Waals surface area contributed by atoms with Crippen LogP contribution in [0.2, 0.25) is 0 Å². The Balaban J connectivity index is 2.96. The summed E-state index contributed by atoms with van der Waals surface area (Å²) < 4.78 is 0. The predicted octanol–water partition coefficient (Wildman–Crippen LogP) is -0.167. The van der Waals surface area contributed by atoms with Crippen molar-refractivity contribution in [3.63, 3.8) is 0 Å². The van der Waals surface area contributed by atoms with Gasteiger partial charge in [0.25, 0.3) is 0 Å². The second-order valence-electron chi connectivity index (χ2n) is 1.13. The Morgan fingerprint density at radius 1 is 2.00 bits per heavy atom. The minimum atomic E-state index is -0.370. The summed E-state index contributed by atoms with van der Waals surface area (Å²) >= 11 is 0. The molecule has 35 valence electrons. The van der Waals surface area contributed by atoms with E-state index in [0.29, 0.717) is 6.42 Å². The zero-order valence-electron chi connectivity index (χ0n) is 3.77. The summed E-state index contributed by atoms with van der Waals surface area (Å²) in [7, 11) is 0. The first-order chi connectivity index (χ1) is 2.81. The maximum absolute atomic E-state index is 9.49. The second-order valence-corrected chi connectivity index (χ2v) is 1.13. The molecule has 0 heterocycles. The Morgan fingerprint density at radius 2 is 2.50 bits per heavy atom. The van der Waals surface area contributed by atoms with E-state index in [1.54, 1.807) is 6.29 Å². The molecule has 0 saturated heterocycles. The Bertz CT molecular complexity index is 44.8. The molecule has 0 aromatic carbocycles.